The van der Waals surface area contributed by atoms with Gasteiger partial charge in [0, 0.05) is 26.2 Å². The summed E-state index contributed by atoms with van der Waals surface area (Å²) in [7, 11) is 0. The number of pyridine rings is 1. The van der Waals surface area contributed by atoms with Gasteiger partial charge in [-0.1, -0.05) is 6.07 Å². The molecule has 120 valence electrons. The van der Waals surface area contributed by atoms with Crippen LogP contribution in [-0.2, 0) is 6.18 Å². The number of nitrogens with one attached hydrogen (secondary N) is 1. The first kappa shape index (κ1) is 14.9. The Labute approximate surface area is 126 Å². The highest BCUT2D eigenvalue weighted by Gasteiger charge is 2.34. The molecule has 2 aliphatic rings. The van der Waals surface area contributed by atoms with Gasteiger partial charge in [0.25, 0.3) is 0 Å². The summed E-state index contributed by atoms with van der Waals surface area (Å²) in [5.74, 6) is 0.319. The molecule has 2 fully saturated rings. The van der Waals surface area contributed by atoms with Crippen LogP contribution in [0.15, 0.2) is 18.2 Å². The van der Waals surface area contributed by atoms with Gasteiger partial charge in [0.05, 0.1) is 6.04 Å². The van der Waals surface area contributed by atoms with E-state index in [4.69, 9.17) is 0 Å². The van der Waals surface area contributed by atoms with E-state index in [1.807, 2.05) is 4.90 Å². The number of carbonyl (C=O) groups excluding carboxylic acids is 1. The van der Waals surface area contributed by atoms with Gasteiger partial charge >= 0.3 is 12.2 Å². The first-order chi connectivity index (χ1) is 10.4. The van der Waals surface area contributed by atoms with Gasteiger partial charge in [-0.2, -0.15) is 13.2 Å². The molecule has 0 aliphatic carbocycles. The second-order valence-corrected chi connectivity index (χ2v) is 5.55. The number of amides is 2. The van der Waals surface area contributed by atoms with Crippen LogP contribution in [0.1, 0.15) is 18.5 Å². The van der Waals surface area contributed by atoms with Crippen molar-refractivity contribution in [2.24, 2.45) is 0 Å². The maximum Gasteiger partial charge on any atom is 0.433 e. The predicted octanol–water partition coefficient (Wildman–Crippen LogP) is 2.09. The van der Waals surface area contributed by atoms with Crippen molar-refractivity contribution in [1.82, 2.24) is 15.2 Å². The predicted molar refractivity (Wildman–Crippen MR) is 74.6 cm³/mol. The molecule has 8 heteroatoms. The number of anilines is 1. The van der Waals surface area contributed by atoms with E-state index in [2.05, 4.69) is 10.3 Å². The van der Waals surface area contributed by atoms with E-state index in [1.165, 1.54) is 6.07 Å². The van der Waals surface area contributed by atoms with Crippen molar-refractivity contribution < 1.29 is 18.0 Å². The number of urea groups is 1. The summed E-state index contributed by atoms with van der Waals surface area (Å²) in [6.07, 6.45) is -2.75. The third kappa shape index (κ3) is 2.95. The quantitative estimate of drug-likeness (QED) is 0.909. The fraction of sp³-hybridized carbons (Fsp3) is 0.571. The average Bonchev–Trinajstić information content (AvgIpc) is 2.93. The monoisotopic (exact) mass is 314 g/mol. The van der Waals surface area contributed by atoms with E-state index >= 15 is 0 Å². The van der Waals surface area contributed by atoms with E-state index < -0.39 is 11.9 Å². The third-order valence-corrected chi connectivity index (χ3v) is 4.08. The van der Waals surface area contributed by atoms with E-state index in [0.29, 0.717) is 32.0 Å². The average molecular weight is 314 g/mol. The van der Waals surface area contributed by atoms with Crippen molar-refractivity contribution in [3.63, 3.8) is 0 Å². The van der Waals surface area contributed by atoms with E-state index in [1.54, 1.807) is 11.0 Å². The molecule has 1 atom stereocenters. The first-order valence-electron chi connectivity index (χ1n) is 7.29. The minimum atomic E-state index is -4.44. The number of rotatable bonds is 2. The second kappa shape index (κ2) is 5.66. The Kier molecular flexibility index (Phi) is 3.84. The highest BCUT2D eigenvalue weighted by molar-refractivity contribution is 5.76. The largest absolute Gasteiger partial charge is 0.433 e. The standard InChI is InChI=1S/C14H17F3N4O/c15-14(16,17)11-4-1-5-12(19-11)20-7-2-3-10(9-20)21-8-6-18-13(21)22/h1,4-5,10H,2-3,6-9H2,(H,18,22)/t10-/m1/s1. The fourth-order valence-electron chi connectivity index (χ4n) is 3.01. The molecule has 22 heavy (non-hydrogen) atoms. The van der Waals surface area contributed by atoms with Crippen LogP contribution < -0.4 is 10.2 Å². The highest BCUT2D eigenvalue weighted by Crippen LogP contribution is 2.30. The van der Waals surface area contributed by atoms with Gasteiger partial charge in [-0.3, -0.25) is 0 Å². The lowest BCUT2D eigenvalue weighted by Crippen LogP contribution is -2.49. The molecular formula is C14H17F3N4O. The fourth-order valence-corrected chi connectivity index (χ4v) is 3.01. The maximum atomic E-state index is 12.8. The van der Waals surface area contributed by atoms with Crippen molar-refractivity contribution in [3.8, 4) is 0 Å². The zero-order valence-corrected chi connectivity index (χ0v) is 11.9. The number of aromatic nitrogens is 1. The number of alkyl halides is 3. The van der Waals surface area contributed by atoms with Crippen molar-refractivity contribution >= 4 is 11.8 Å². The molecule has 1 aromatic heterocycles. The van der Waals surface area contributed by atoms with Gasteiger partial charge in [-0.25, -0.2) is 9.78 Å². The summed E-state index contributed by atoms with van der Waals surface area (Å²) in [6, 6.07) is 3.86. The van der Waals surface area contributed by atoms with Crippen LogP contribution in [0.2, 0.25) is 0 Å². The minimum Gasteiger partial charge on any atom is -0.355 e. The van der Waals surface area contributed by atoms with Crippen molar-refractivity contribution in [1.29, 1.82) is 0 Å². The van der Waals surface area contributed by atoms with Crippen LogP contribution in [0.4, 0.5) is 23.8 Å². The molecular weight excluding hydrogens is 297 g/mol. The van der Waals surface area contributed by atoms with Crippen molar-refractivity contribution in [3.05, 3.63) is 23.9 Å². The number of nitrogens with zero attached hydrogens (tertiary/aromatic N) is 3. The lowest BCUT2D eigenvalue weighted by molar-refractivity contribution is -0.141. The number of carbonyl (C=O) groups is 1. The number of hydrogen-bond acceptors (Lipinski definition) is 3. The molecule has 1 aromatic rings. The molecule has 1 N–H and O–H groups in total. The number of halogens is 3. The van der Waals surface area contributed by atoms with Gasteiger partial charge < -0.3 is 15.1 Å². The molecule has 3 rings (SSSR count). The van der Waals surface area contributed by atoms with Crippen molar-refractivity contribution in [2.75, 3.05) is 31.1 Å². The summed E-state index contributed by atoms with van der Waals surface area (Å²) in [4.78, 5) is 19.1. The summed E-state index contributed by atoms with van der Waals surface area (Å²) in [5.41, 5.74) is -0.883. The van der Waals surface area contributed by atoms with Crippen LogP contribution in [0.5, 0.6) is 0 Å². The Morgan fingerprint density at radius 2 is 2.09 bits per heavy atom. The van der Waals surface area contributed by atoms with Crippen LogP contribution in [0.25, 0.3) is 0 Å². The molecule has 2 saturated heterocycles. The Balaban J connectivity index is 1.76. The van der Waals surface area contributed by atoms with Gasteiger partial charge in [0.2, 0.25) is 0 Å². The zero-order valence-electron chi connectivity index (χ0n) is 11.9. The molecule has 2 aliphatic heterocycles. The lowest BCUT2D eigenvalue weighted by Gasteiger charge is -2.37. The minimum absolute atomic E-state index is 0.0209. The first-order valence-corrected chi connectivity index (χ1v) is 7.29. The second-order valence-electron chi connectivity index (χ2n) is 5.55. The summed E-state index contributed by atoms with van der Waals surface area (Å²) in [5, 5.41) is 2.75. The Hall–Kier alpha value is -1.99. The smallest absolute Gasteiger partial charge is 0.355 e. The normalized spacial score (nSPS) is 22.9. The Bertz CT molecular complexity index is 563. The number of piperidine rings is 1. The van der Waals surface area contributed by atoms with Crippen LogP contribution >= 0.6 is 0 Å². The zero-order chi connectivity index (χ0) is 15.7. The molecule has 3 heterocycles. The molecule has 5 nitrogen and oxygen atoms in total. The molecule has 0 aromatic carbocycles. The summed E-state index contributed by atoms with van der Waals surface area (Å²) >= 11 is 0. The highest BCUT2D eigenvalue weighted by atomic mass is 19.4. The lowest BCUT2D eigenvalue weighted by atomic mass is 10.0. The van der Waals surface area contributed by atoms with E-state index in [0.717, 1.165) is 18.9 Å². The van der Waals surface area contributed by atoms with Gasteiger partial charge in [-0.15, -0.1) is 0 Å². The van der Waals surface area contributed by atoms with Crippen LogP contribution in [-0.4, -0.2) is 48.1 Å². The molecule has 0 spiro atoms. The van der Waals surface area contributed by atoms with E-state index in [-0.39, 0.29) is 12.1 Å². The number of hydrogen-bond donors (Lipinski definition) is 1. The topological polar surface area (TPSA) is 48.5 Å². The Morgan fingerprint density at radius 1 is 1.27 bits per heavy atom. The summed E-state index contributed by atoms with van der Waals surface area (Å²) in [6.45, 7) is 2.44. The van der Waals surface area contributed by atoms with Gasteiger partial charge in [0.1, 0.15) is 11.5 Å². The molecule has 0 bridgehead atoms. The van der Waals surface area contributed by atoms with Gasteiger partial charge in [-0.05, 0) is 25.0 Å². The molecule has 0 unspecified atom stereocenters. The molecule has 0 saturated carbocycles. The van der Waals surface area contributed by atoms with Crippen LogP contribution in [0.3, 0.4) is 0 Å². The molecule has 2 amide bonds. The summed E-state index contributed by atoms with van der Waals surface area (Å²) < 4.78 is 38.3. The van der Waals surface area contributed by atoms with Crippen molar-refractivity contribution in [2.45, 2.75) is 25.1 Å². The molecule has 0 radical (unpaired) electrons. The van der Waals surface area contributed by atoms with Crippen LogP contribution in [0, 0.1) is 0 Å². The SMILES string of the molecule is O=C1NCCN1[C@@H]1CCCN(c2cccc(C(F)(F)F)n2)C1. The maximum absolute atomic E-state index is 12.8. The van der Waals surface area contributed by atoms with Gasteiger partial charge in [0.15, 0.2) is 0 Å². The third-order valence-electron chi connectivity index (χ3n) is 4.08. The van der Waals surface area contributed by atoms with E-state index in [9.17, 15) is 18.0 Å². The Morgan fingerprint density at radius 3 is 2.77 bits per heavy atom.